The molecular formula is C18H19N5O7S. The predicted molar refractivity (Wildman–Crippen MR) is 110 cm³/mol. The molecule has 2 aromatic rings. The number of hydrogen-bond donors (Lipinski definition) is 5. The lowest BCUT2D eigenvalue weighted by Gasteiger charge is -2.16. The van der Waals surface area contributed by atoms with Crippen LogP contribution in [-0.4, -0.2) is 55.2 Å². The largest absolute Gasteiger partial charge is 0.494 e. The van der Waals surface area contributed by atoms with Gasteiger partial charge in [0.05, 0.1) is 18.4 Å². The molecule has 5 N–H and O–H groups in total. The highest BCUT2D eigenvalue weighted by Gasteiger charge is 2.21. The number of hydrazine groups is 2. The van der Waals surface area contributed by atoms with Gasteiger partial charge in [-0.15, -0.1) is 10.6 Å². The van der Waals surface area contributed by atoms with Crippen molar-refractivity contribution in [2.24, 2.45) is 5.10 Å². The molecular weight excluding hydrogens is 430 g/mol. The molecule has 0 unspecified atom stereocenters. The van der Waals surface area contributed by atoms with E-state index in [9.17, 15) is 18.0 Å². The standard InChI is InChI=1S/C18H19N5O7S/c1-30-15-10-13(18(25)26)6-7-14(15)23-21-16(20-22-23)11-2-4-12(5-3-11)17(24)19-8-9-31(27,28)29/h2-7,10,22H,8-9H2,1H3,(H,19,24)(H,20,21)(H,25,26)(H,27,28,29). The van der Waals surface area contributed by atoms with Gasteiger partial charge in [-0.05, 0) is 30.3 Å². The van der Waals surface area contributed by atoms with E-state index in [-0.39, 0.29) is 12.1 Å². The minimum absolute atomic E-state index is 0.0717. The van der Waals surface area contributed by atoms with Gasteiger partial charge < -0.3 is 15.2 Å². The van der Waals surface area contributed by atoms with Gasteiger partial charge in [0.2, 0.25) is 0 Å². The number of amides is 1. The van der Waals surface area contributed by atoms with E-state index < -0.39 is 27.7 Å². The van der Waals surface area contributed by atoms with E-state index in [1.54, 1.807) is 18.2 Å². The van der Waals surface area contributed by atoms with Gasteiger partial charge in [-0.1, -0.05) is 12.1 Å². The first-order valence-electron chi connectivity index (χ1n) is 8.83. The molecule has 13 heteroatoms. The maximum Gasteiger partial charge on any atom is 0.335 e. The fourth-order valence-electron chi connectivity index (χ4n) is 2.66. The Bertz CT molecular complexity index is 1130. The van der Waals surface area contributed by atoms with E-state index in [0.717, 1.165) is 0 Å². The van der Waals surface area contributed by atoms with Crippen molar-refractivity contribution in [3.05, 3.63) is 59.2 Å². The first-order valence-corrected chi connectivity index (χ1v) is 10.4. The van der Waals surface area contributed by atoms with E-state index in [0.29, 0.717) is 28.4 Å². The monoisotopic (exact) mass is 449 g/mol. The van der Waals surface area contributed by atoms with Crippen molar-refractivity contribution in [3.63, 3.8) is 0 Å². The summed E-state index contributed by atoms with van der Waals surface area (Å²) in [6, 6.07) is 10.7. The number of carbonyl (C=O) groups is 2. The van der Waals surface area contributed by atoms with Gasteiger partial charge in [0.25, 0.3) is 16.0 Å². The third kappa shape index (κ3) is 5.48. The number of carboxylic acids is 1. The summed E-state index contributed by atoms with van der Waals surface area (Å²) in [5, 5.41) is 17.2. The molecule has 0 fully saturated rings. The Labute approximate surface area is 177 Å². The summed E-state index contributed by atoms with van der Waals surface area (Å²) in [6.07, 6.45) is 0. The van der Waals surface area contributed by atoms with Gasteiger partial charge in [-0.25, -0.2) is 4.79 Å². The van der Waals surface area contributed by atoms with Gasteiger partial charge in [0, 0.05) is 17.7 Å². The summed E-state index contributed by atoms with van der Waals surface area (Å²) in [6.45, 7) is -0.213. The fourth-order valence-corrected chi connectivity index (χ4v) is 3.02. The minimum Gasteiger partial charge on any atom is -0.494 e. The number of ether oxygens (including phenoxy) is 1. The van der Waals surface area contributed by atoms with Crippen LogP contribution in [0.2, 0.25) is 0 Å². The van der Waals surface area contributed by atoms with Crippen molar-refractivity contribution in [1.29, 1.82) is 0 Å². The maximum atomic E-state index is 12.0. The number of hydrogen-bond acceptors (Lipinski definition) is 9. The summed E-state index contributed by atoms with van der Waals surface area (Å²) in [5.41, 5.74) is 7.18. The van der Waals surface area contributed by atoms with Crippen LogP contribution in [0, 0.1) is 0 Å². The Kier molecular flexibility index (Phi) is 6.39. The number of anilines is 1. The van der Waals surface area contributed by atoms with Crippen LogP contribution >= 0.6 is 0 Å². The first-order chi connectivity index (χ1) is 14.7. The van der Waals surface area contributed by atoms with Gasteiger partial charge >= 0.3 is 5.97 Å². The fraction of sp³-hybridized carbons (Fsp3) is 0.167. The number of nitrogens with zero attached hydrogens (tertiary/aromatic N) is 2. The molecule has 1 aliphatic rings. The number of carboxylic acid groups (broad SMARTS) is 1. The van der Waals surface area contributed by atoms with Crippen LogP contribution in [0.25, 0.3) is 0 Å². The van der Waals surface area contributed by atoms with Crippen molar-refractivity contribution >= 4 is 33.5 Å². The molecule has 31 heavy (non-hydrogen) atoms. The number of methoxy groups -OCH3 is 1. The minimum atomic E-state index is -4.15. The SMILES string of the molecule is COc1cc(C(=O)O)ccc1N1N=C(c2ccc(C(=O)NCCS(=O)(=O)O)cc2)NN1. The molecule has 1 heterocycles. The molecule has 0 aromatic heterocycles. The lowest BCUT2D eigenvalue weighted by atomic mass is 10.1. The van der Waals surface area contributed by atoms with Crippen molar-refractivity contribution < 1.29 is 32.4 Å². The number of rotatable bonds is 8. The highest BCUT2D eigenvalue weighted by atomic mass is 32.2. The molecule has 0 bridgehead atoms. The van der Waals surface area contributed by atoms with Crippen LogP contribution in [0.15, 0.2) is 47.6 Å². The molecule has 1 aliphatic heterocycles. The Morgan fingerprint density at radius 3 is 2.45 bits per heavy atom. The third-order valence-electron chi connectivity index (χ3n) is 4.20. The normalized spacial score (nSPS) is 13.4. The molecule has 12 nitrogen and oxygen atoms in total. The Morgan fingerprint density at radius 2 is 1.84 bits per heavy atom. The molecule has 0 spiro atoms. The molecule has 0 saturated heterocycles. The van der Waals surface area contributed by atoms with Crippen molar-refractivity contribution in [2.45, 2.75) is 0 Å². The highest BCUT2D eigenvalue weighted by molar-refractivity contribution is 7.85. The van der Waals surface area contributed by atoms with E-state index in [1.807, 2.05) is 0 Å². The number of carbonyl (C=O) groups excluding carboxylic acids is 1. The molecule has 1 amide bonds. The number of hydrazone groups is 1. The van der Waals surface area contributed by atoms with E-state index in [1.165, 1.54) is 36.5 Å². The first kappa shape index (κ1) is 22.0. The van der Waals surface area contributed by atoms with E-state index in [4.69, 9.17) is 14.4 Å². The average molecular weight is 449 g/mol. The lowest BCUT2D eigenvalue weighted by molar-refractivity contribution is 0.0696. The van der Waals surface area contributed by atoms with Crippen LogP contribution in [0.4, 0.5) is 5.69 Å². The van der Waals surface area contributed by atoms with Crippen LogP contribution in [0.3, 0.4) is 0 Å². The van der Waals surface area contributed by atoms with E-state index in [2.05, 4.69) is 21.4 Å². The molecule has 0 aliphatic carbocycles. The van der Waals surface area contributed by atoms with Crippen LogP contribution in [0.5, 0.6) is 5.75 Å². The van der Waals surface area contributed by atoms with Gasteiger partial charge in [-0.3, -0.25) is 14.8 Å². The second kappa shape index (κ2) is 8.99. The molecule has 164 valence electrons. The van der Waals surface area contributed by atoms with Crippen LogP contribution in [0.1, 0.15) is 26.3 Å². The summed E-state index contributed by atoms with van der Waals surface area (Å²) < 4.78 is 35.3. The lowest BCUT2D eigenvalue weighted by Crippen LogP contribution is -2.38. The number of amidine groups is 1. The zero-order chi connectivity index (χ0) is 22.6. The molecule has 3 rings (SSSR count). The molecule has 2 aromatic carbocycles. The highest BCUT2D eigenvalue weighted by Crippen LogP contribution is 2.29. The van der Waals surface area contributed by atoms with Gasteiger partial charge in [0.15, 0.2) is 5.84 Å². The zero-order valence-corrected chi connectivity index (χ0v) is 17.0. The summed E-state index contributed by atoms with van der Waals surface area (Å²) >= 11 is 0. The zero-order valence-electron chi connectivity index (χ0n) is 16.2. The van der Waals surface area contributed by atoms with Gasteiger partial charge in [0.1, 0.15) is 11.4 Å². The topological polar surface area (TPSA) is 170 Å². The molecule has 0 saturated carbocycles. The summed E-state index contributed by atoms with van der Waals surface area (Å²) in [4.78, 5) is 23.2. The van der Waals surface area contributed by atoms with Crippen molar-refractivity contribution in [1.82, 2.24) is 16.3 Å². The molecule has 0 atom stereocenters. The maximum absolute atomic E-state index is 12.0. The number of nitrogens with one attached hydrogen (secondary N) is 3. The Balaban J connectivity index is 1.71. The number of benzene rings is 2. The third-order valence-corrected chi connectivity index (χ3v) is 4.92. The average Bonchev–Trinajstić information content (AvgIpc) is 3.22. The smallest absolute Gasteiger partial charge is 0.335 e. The Hall–Kier alpha value is -3.68. The summed E-state index contributed by atoms with van der Waals surface area (Å²) in [5.74, 6) is -1.40. The Morgan fingerprint density at radius 1 is 1.16 bits per heavy atom. The quantitative estimate of drug-likeness (QED) is 0.351. The van der Waals surface area contributed by atoms with Crippen LogP contribution in [-0.2, 0) is 10.1 Å². The predicted octanol–water partition coefficient (Wildman–Crippen LogP) is 0.202. The molecule has 0 radical (unpaired) electrons. The van der Waals surface area contributed by atoms with E-state index >= 15 is 0 Å². The second-order valence-electron chi connectivity index (χ2n) is 6.31. The number of aromatic carboxylic acids is 1. The van der Waals surface area contributed by atoms with Crippen molar-refractivity contribution in [3.8, 4) is 5.75 Å². The second-order valence-corrected chi connectivity index (χ2v) is 7.88. The van der Waals surface area contributed by atoms with Gasteiger partial charge in [-0.2, -0.15) is 13.5 Å². The van der Waals surface area contributed by atoms with Crippen molar-refractivity contribution in [2.75, 3.05) is 24.5 Å². The van der Waals surface area contributed by atoms with Crippen LogP contribution < -0.4 is 26.1 Å². The summed E-state index contributed by atoms with van der Waals surface area (Å²) in [7, 11) is -2.73.